The van der Waals surface area contributed by atoms with Crippen molar-refractivity contribution in [2.24, 2.45) is 0 Å². The van der Waals surface area contributed by atoms with Gasteiger partial charge in [0.05, 0.1) is 11.7 Å². The minimum atomic E-state index is -0.669. The first kappa shape index (κ1) is 19.6. The number of carbonyl (C=O) groups is 1. The van der Waals surface area contributed by atoms with Crippen molar-refractivity contribution in [1.82, 2.24) is 20.3 Å². The molecule has 0 spiro atoms. The molecule has 0 aliphatic rings. The van der Waals surface area contributed by atoms with Crippen molar-refractivity contribution in [3.8, 4) is 11.1 Å². The number of amides is 1. The first-order valence-corrected chi connectivity index (χ1v) is 9.36. The smallest absolute Gasteiger partial charge is 0.217 e. The molecule has 0 bridgehead atoms. The molecule has 4 aromatic rings. The van der Waals surface area contributed by atoms with Crippen LogP contribution >= 0.6 is 0 Å². The van der Waals surface area contributed by atoms with Crippen LogP contribution in [-0.2, 0) is 11.2 Å². The van der Waals surface area contributed by atoms with Crippen molar-refractivity contribution in [2.45, 2.75) is 19.4 Å². The fourth-order valence-electron chi connectivity index (χ4n) is 3.52. The number of rotatable bonds is 5. The van der Waals surface area contributed by atoms with Gasteiger partial charge in [0.1, 0.15) is 18.0 Å². The number of hydrogen-bond donors (Lipinski definition) is 1. The van der Waals surface area contributed by atoms with Gasteiger partial charge in [-0.1, -0.05) is 12.1 Å². The van der Waals surface area contributed by atoms with Gasteiger partial charge in [-0.25, -0.2) is 18.7 Å². The van der Waals surface area contributed by atoms with Crippen molar-refractivity contribution in [2.75, 3.05) is 0 Å². The van der Waals surface area contributed by atoms with E-state index in [2.05, 4.69) is 20.3 Å². The summed E-state index contributed by atoms with van der Waals surface area (Å²) in [6, 6.07) is 10.5. The third-order valence-electron chi connectivity index (χ3n) is 4.76. The highest BCUT2D eigenvalue weighted by Crippen LogP contribution is 2.30. The van der Waals surface area contributed by atoms with Crippen molar-refractivity contribution >= 4 is 16.7 Å². The maximum Gasteiger partial charge on any atom is 0.217 e. The van der Waals surface area contributed by atoms with E-state index in [9.17, 15) is 13.6 Å². The van der Waals surface area contributed by atoms with Gasteiger partial charge in [0, 0.05) is 42.5 Å². The van der Waals surface area contributed by atoms with E-state index in [0.717, 1.165) is 28.0 Å². The number of pyridine rings is 1. The molecule has 1 atom stereocenters. The maximum atomic E-state index is 13.7. The number of hydrogen-bond acceptors (Lipinski definition) is 4. The molecule has 0 aliphatic heterocycles. The molecule has 2 heterocycles. The first-order chi connectivity index (χ1) is 14.5. The van der Waals surface area contributed by atoms with Crippen molar-refractivity contribution in [1.29, 1.82) is 0 Å². The second-order valence-corrected chi connectivity index (χ2v) is 6.99. The molecule has 30 heavy (non-hydrogen) atoms. The molecule has 0 aliphatic carbocycles. The van der Waals surface area contributed by atoms with Gasteiger partial charge < -0.3 is 5.32 Å². The van der Waals surface area contributed by atoms with Crippen molar-refractivity contribution in [3.05, 3.63) is 90.3 Å². The largest absolute Gasteiger partial charge is 0.348 e. The van der Waals surface area contributed by atoms with E-state index in [-0.39, 0.29) is 12.3 Å². The Kier molecular flexibility index (Phi) is 5.43. The van der Waals surface area contributed by atoms with Gasteiger partial charge in [-0.3, -0.25) is 9.78 Å². The molecule has 2 aromatic carbocycles. The van der Waals surface area contributed by atoms with Gasteiger partial charge in [-0.2, -0.15) is 0 Å². The average Bonchev–Trinajstić information content (AvgIpc) is 2.72. The summed E-state index contributed by atoms with van der Waals surface area (Å²) >= 11 is 0. The lowest BCUT2D eigenvalue weighted by atomic mass is 9.95. The second kappa shape index (κ2) is 8.32. The Hall–Kier alpha value is -3.74. The average molecular weight is 404 g/mol. The van der Waals surface area contributed by atoms with Crippen LogP contribution in [0.4, 0.5) is 8.78 Å². The van der Waals surface area contributed by atoms with Crippen LogP contribution in [0.5, 0.6) is 0 Å². The predicted molar refractivity (Wildman–Crippen MR) is 109 cm³/mol. The minimum Gasteiger partial charge on any atom is -0.348 e. The predicted octanol–water partition coefficient (Wildman–Crippen LogP) is 4.39. The third-order valence-corrected chi connectivity index (χ3v) is 4.76. The Labute approximate surface area is 171 Å². The highest BCUT2D eigenvalue weighted by Gasteiger charge is 2.20. The Morgan fingerprint density at radius 2 is 1.80 bits per heavy atom. The first-order valence-electron chi connectivity index (χ1n) is 9.36. The summed E-state index contributed by atoms with van der Waals surface area (Å²) in [4.78, 5) is 24.5. The Balaban J connectivity index is 1.78. The molecule has 2 aromatic heterocycles. The number of aromatic nitrogens is 3. The molecule has 0 fully saturated rings. The Morgan fingerprint density at radius 1 is 1.00 bits per heavy atom. The van der Waals surface area contributed by atoms with Gasteiger partial charge in [0.25, 0.3) is 0 Å². The zero-order chi connectivity index (χ0) is 21.1. The molecule has 150 valence electrons. The molecule has 0 saturated heterocycles. The molecule has 0 radical (unpaired) electrons. The lowest BCUT2D eigenvalue weighted by molar-refractivity contribution is -0.119. The molecule has 0 unspecified atom stereocenters. The van der Waals surface area contributed by atoms with E-state index in [1.165, 1.54) is 25.4 Å². The number of nitrogens with one attached hydrogen (secondary N) is 1. The summed E-state index contributed by atoms with van der Waals surface area (Å²) in [7, 11) is 0. The van der Waals surface area contributed by atoms with Crippen LogP contribution in [0.3, 0.4) is 0 Å². The second-order valence-electron chi connectivity index (χ2n) is 6.99. The molecule has 1 amide bonds. The zero-order valence-electron chi connectivity index (χ0n) is 16.1. The van der Waals surface area contributed by atoms with Crippen LogP contribution < -0.4 is 5.32 Å². The number of halogens is 2. The molecule has 4 rings (SSSR count). The molecule has 1 N–H and O–H groups in total. The van der Waals surface area contributed by atoms with Crippen LogP contribution in [0.25, 0.3) is 21.9 Å². The number of benzene rings is 2. The highest BCUT2D eigenvalue weighted by molar-refractivity contribution is 5.87. The van der Waals surface area contributed by atoms with Crippen LogP contribution in [0.15, 0.2) is 67.4 Å². The SMILES string of the molecule is CC(=O)N[C@@H](Cc1cc(F)cc(F)c1)c1ncncc1-c1ccc2cnccc2c1. The molecular weight excluding hydrogens is 386 g/mol. The fraction of sp³-hybridized carbons (Fsp3) is 0.130. The summed E-state index contributed by atoms with van der Waals surface area (Å²) in [5.41, 5.74) is 2.58. The van der Waals surface area contributed by atoms with Crippen LogP contribution in [0, 0.1) is 11.6 Å². The standard InChI is InChI=1S/C23H18F2N4O/c1-14(30)29-22(8-15-6-19(24)10-20(25)7-15)23-21(12-27-13-28-23)17-2-3-18-11-26-5-4-16(18)9-17/h2-7,9-13,22H,8H2,1H3,(H,29,30)/t22-/m0/s1. The Bertz CT molecular complexity index is 1210. The maximum absolute atomic E-state index is 13.7. The number of carbonyl (C=O) groups excluding carboxylic acids is 1. The van der Waals surface area contributed by atoms with Gasteiger partial charge in [-0.15, -0.1) is 0 Å². The summed E-state index contributed by atoms with van der Waals surface area (Å²) in [6.45, 7) is 1.39. The zero-order valence-corrected chi connectivity index (χ0v) is 16.1. The van der Waals surface area contributed by atoms with E-state index in [1.54, 1.807) is 18.6 Å². The van der Waals surface area contributed by atoms with E-state index in [1.807, 2.05) is 24.3 Å². The fourth-order valence-corrected chi connectivity index (χ4v) is 3.52. The van der Waals surface area contributed by atoms with Gasteiger partial charge in [-0.05, 0) is 47.2 Å². The van der Waals surface area contributed by atoms with Crippen molar-refractivity contribution in [3.63, 3.8) is 0 Å². The van der Waals surface area contributed by atoms with Gasteiger partial charge in [0.2, 0.25) is 5.91 Å². The van der Waals surface area contributed by atoms with Crippen LogP contribution in [0.1, 0.15) is 24.2 Å². The quantitative estimate of drug-likeness (QED) is 0.536. The lowest BCUT2D eigenvalue weighted by Gasteiger charge is -2.20. The summed E-state index contributed by atoms with van der Waals surface area (Å²) in [5, 5.41) is 4.84. The number of nitrogens with zero attached hydrogens (tertiary/aromatic N) is 3. The van der Waals surface area contributed by atoms with E-state index >= 15 is 0 Å². The van der Waals surface area contributed by atoms with Gasteiger partial charge >= 0.3 is 0 Å². The van der Waals surface area contributed by atoms with E-state index < -0.39 is 17.7 Å². The van der Waals surface area contributed by atoms with E-state index in [4.69, 9.17) is 0 Å². The molecule has 7 heteroatoms. The van der Waals surface area contributed by atoms with Crippen molar-refractivity contribution < 1.29 is 13.6 Å². The minimum absolute atomic E-state index is 0.176. The van der Waals surface area contributed by atoms with Crippen LogP contribution in [0.2, 0.25) is 0 Å². The summed E-state index contributed by atoms with van der Waals surface area (Å²) in [5.74, 6) is -1.61. The van der Waals surface area contributed by atoms with Gasteiger partial charge in [0.15, 0.2) is 0 Å². The summed E-state index contributed by atoms with van der Waals surface area (Å²) < 4.78 is 27.4. The lowest BCUT2D eigenvalue weighted by Crippen LogP contribution is -2.29. The molecular formula is C23H18F2N4O. The monoisotopic (exact) mass is 404 g/mol. The summed E-state index contributed by atoms with van der Waals surface area (Å²) in [6.07, 6.45) is 6.74. The van der Waals surface area contributed by atoms with E-state index in [0.29, 0.717) is 11.3 Å². The highest BCUT2D eigenvalue weighted by atomic mass is 19.1. The molecule has 5 nitrogen and oxygen atoms in total. The number of fused-ring (bicyclic) bond motifs is 1. The third kappa shape index (κ3) is 4.30. The normalized spacial score (nSPS) is 12.0. The Morgan fingerprint density at radius 3 is 2.57 bits per heavy atom. The topological polar surface area (TPSA) is 67.8 Å². The van der Waals surface area contributed by atoms with Crippen LogP contribution in [-0.4, -0.2) is 20.9 Å². The molecule has 0 saturated carbocycles.